The largest absolute Gasteiger partial charge is 0.325 e. The molecule has 0 saturated heterocycles. The normalized spacial score (nSPS) is 18.3. The fourth-order valence-corrected chi connectivity index (χ4v) is 4.31. The van der Waals surface area contributed by atoms with Crippen LogP contribution in [0.5, 0.6) is 0 Å². The number of fused-ring (bicyclic) bond motifs is 1. The van der Waals surface area contributed by atoms with E-state index in [1.54, 1.807) is 28.9 Å². The number of aromatic nitrogens is 3. The van der Waals surface area contributed by atoms with Gasteiger partial charge in [0.2, 0.25) is 11.1 Å². The molecule has 28 heavy (non-hydrogen) atoms. The summed E-state index contributed by atoms with van der Waals surface area (Å²) in [5.74, 6) is 0.146. The van der Waals surface area contributed by atoms with Crippen LogP contribution in [-0.2, 0) is 4.79 Å². The molecule has 144 valence electrons. The maximum Gasteiger partial charge on any atom is 0.240 e. The highest BCUT2D eigenvalue weighted by Crippen LogP contribution is 2.37. The number of rotatable bonds is 3. The third kappa shape index (κ3) is 3.57. The second-order valence-electron chi connectivity index (χ2n) is 6.51. The van der Waals surface area contributed by atoms with E-state index in [2.05, 4.69) is 20.9 Å². The topological polar surface area (TPSA) is 71.8 Å². The van der Waals surface area contributed by atoms with E-state index in [9.17, 15) is 9.18 Å². The van der Waals surface area contributed by atoms with Crippen molar-refractivity contribution in [1.29, 1.82) is 0 Å². The Morgan fingerprint density at radius 3 is 2.71 bits per heavy atom. The lowest BCUT2D eigenvalue weighted by molar-refractivity contribution is -0.116. The van der Waals surface area contributed by atoms with Crippen molar-refractivity contribution in [3.05, 3.63) is 70.3 Å². The summed E-state index contributed by atoms with van der Waals surface area (Å²) in [6.07, 6.45) is 0. The highest BCUT2D eigenvalue weighted by molar-refractivity contribution is 8.00. The highest BCUT2D eigenvalue weighted by Gasteiger charge is 2.37. The Balaban J connectivity index is 1.68. The molecule has 0 bridgehead atoms. The van der Waals surface area contributed by atoms with E-state index in [1.807, 2.05) is 19.9 Å². The van der Waals surface area contributed by atoms with Crippen molar-refractivity contribution in [2.24, 2.45) is 0 Å². The molecule has 0 unspecified atom stereocenters. The molecule has 2 atom stereocenters. The minimum Gasteiger partial charge on any atom is -0.325 e. The summed E-state index contributed by atoms with van der Waals surface area (Å²) < 4.78 is 15.1. The Hall–Kier alpha value is -2.58. The lowest BCUT2D eigenvalue weighted by atomic mass is 10.0. The molecule has 0 radical (unpaired) electrons. The quantitative estimate of drug-likeness (QED) is 0.671. The van der Waals surface area contributed by atoms with E-state index >= 15 is 0 Å². The number of hydrogen-bond donors (Lipinski definition) is 2. The molecule has 2 heterocycles. The maximum atomic E-state index is 13.4. The van der Waals surface area contributed by atoms with Gasteiger partial charge in [0.15, 0.2) is 0 Å². The molecule has 1 aliphatic heterocycles. The fraction of sp³-hybridized carbons (Fsp3) is 0.211. The number of aryl methyl sites for hydroxylation is 2. The number of benzene rings is 2. The smallest absolute Gasteiger partial charge is 0.240 e. The van der Waals surface area contributed by atoms with Crippen LogP contribution < -0.4 is 10.7 Å². The van der Waals surface area contributed by atoms with Gasteiger partial charge in [0.1, 0.15) is 16.9 Å². The SMILES string of the molecule is Cc1ccc(Cl)cc1NC(=O)[C@H]1Sc2nnc(C)n2N[C@H]1c1ccc(F)cc1. The number of amides is 1. The van der Waals surface area contributed by atoms with Crippen LogP contribution in [-0.4, -0.2) is 26.0 Å². The number of hydrogen-bond acceptors (Lipinski definition) is 5. The van der Waals surface area contributed by atoms with Gasteiger partial charge in [0.05, 0.1) is 6.04 Å². The summed E-state index contributed by atoms with van der Waals surface area (Å²) in [5.41, 5.74) is 5.63. The van der Waals surface area contributed by atoms with Crippen molar-refractivity contribution in [3.63, 3.8) is 0 Å². The summed E-state index contributed by atoms with van der Waals surface area (Å²) in [6.45, 7) is 3.72. The highest BCUT2D eigenvalue weighted by atomic mass is 35.5. The van der Waals surface area contributed by atoms with Gasteiger partial charge >= 0.3 is 0 Å². The second kappa shape index (κ2) is 7.44. The van der Waals surface area contributed by atoms with Crippen LogP contribution in [0.2, 0.25) is 5.02 Å². The first-order chi connectivity index (χ1) is 13.4. The van der Waals surface area contributed by atoms with E-state index in [0.717, 1.165) is 11.1 Å². The van der Waals surface area contributed by atoms with Gasteiger partial charge < -0.3 is 10.7 Å². The molecule has 0 saturated carbocycles. The maximum absolute atomic E-state index is 13.4. The number of nitrogens with zero attached hydrogens (tertiary/aromatic N) is 3. The average molecular weight is 418 g/mol. The molecule has 9 heteroatoms. The van der Waals surface area contributed by atoms with Gasteiger partial charge in [-0.2, -0.15) is 0 Å². The lowest BCUT2D eigenvalue weighted by Gasteiger charge is -2.32. The van der Waals surface area contributed by atoms with E-state index in [0.29, 0.717) is 21.7 Å². The van der Waals surface area contributed by atoms with Gasteiger partial charge in [-0.05, 0) is 49.2 Å². The molecule has 0 aliphatic carbocycles. The molecule has 3 aromatic rings. The Kier molecular flexibility index (Phi) is 4.99. The number of anilines is 1. The summed E-state index contributed by atoms with van der Waals surface area (Å²) >= 11 is 7.38. The van der Waals surface area contributed by atoms with E-state index in [1.165, 1.54) is 23.9 Å². The lowest BCUT2D eigenvalue weighted by Crippen LogP contribution is -2.41. The van der Waals surface area contributed by atoms with E-state index in [4.69, 9.17) is 11.6 Å². The number of nitrogens with one attached hydrogen (secondary N) is 2. The molecule has 0 spiro atoms. The molecular weight excluding hydrogens is 401 g/mol. The first-order valence-corrected chi connectivity index (χ1v) is 9.86. The van der Waals surface area contributed by atoms with Crippen LogP contribution >= 0.6 is 23.4 Å². The van der Waals surface area contributed by atoms with Crippen LogP contribution in [0.3, 0.4) is 0 Å². The van der Waals surface area contributed by atoms with Gasteiger partial charge in [0.25, 0.3) is 0 Å². The minimum absolute atomic E-state index is 0.205. The van der Waals surface area contributed by atoms with E-state index in [-0.39, 0.29) is 11.7 Å². The molecule has 2 N–H and O–H groups in total. The first kappa shape index (κ1) is 18.8. The Morgan fingerprint density at radius 1 is 1.21 bits per heavy atom. The molecule has 6 nitrogen and oxygen atoms in total. The zero-order valence-electron chi connectivity index (χ0n) is 15.1. The molecular formula is C19H17ClFN5OS. The molecule has 1 aliphatic rings. The Morgan fingerprint density at radius 2 is 1.96 bits per heavy atom. The summed E-state index contributed by atoms with van der Waals surface area (Å²) in [6, 6.07) is 11.0. The fourth-order valence-electron chi connectivity index (χ4n) is 3.01. The van der Waals surface area contributed by atoms with Crippen molar-refractivity contribution >= 4 is 35.0 Å². The van der Waals surface area contributed by atoms with Crippen LogP contribution in [0.15, 0.2) is 47.6 Å². The van der Waals surface area contributed by atoms with Crippen molar-refractivity contribution in [3.8, 4) is 0 Å². The zero-order valence-corrected chi connectivity index (χ0v) is 16.7. The minimum atomic E-state index is -0.542. The number of carbonyl (C=O) groups excluding carboxylic acids is 1. The Bertz CT molecular complexity index is 1040. The second-order valence-corrected chi connectivity index (χ2v) is 8.06. The summed E-state index contributed by atoms with van der Waals surface area (Å²) in [7, 11) is 0. The van der Waals surface area contributed by atoms with Gasteiger partial charge in [-0.25, -0.2) is 9.07 Å². The predicted molar refractivity (Wildman–Crippen MR) is 108 cm³/mol. The van der Waals surface area contributed by atoms with Crippen molar-refractivity contribution < 1.29 is 9.18 Å². The monoisotopic (exact) mass is 417 g/mol. The average Bonchev–Trinajstić information content (AvgIpc) is 3.04. The zero-order chi connectivity index (χ0) is 19.8. The Labute approximate surface area is 170 Å². The number of halogens is 2. The predicted octanol–water partition coefficient (Wildman–Crippen LogP) is 4.09. The third-order valence-electron chi connectivity index (χ3n) is 4.54. The van der Waals surface area contributed by atoms with E-state index < -0.39 is 11.3 Å². The molecule has 0 fully saturated rings. The van der Waals surface area contributed by atoms with Gasteiger partial charge in [0, 0.05) is 10.7 Å². The molecule has 2 aromatic carbocycles. The van der Waals surface area contributed by atoms with Crippen LogP contribution in [0, 0.1) is 19.7 Å². The summed E-state index contributed by atoms with van der Waals surface area (Å²) in [5, 5.41) is 11.7. The standard InChI is InChI=1S/C19H17ClFN5OS/c1-10-3-6-13(20)9-15(10)22-18(27)17-16(12-4-7-14(21)8-5-12)25-26-11(2)23-24-19(26)28-17/h3-9,16-17,25H,1-2H3,(H,22,27)/t16-,17-/m0/s1. The van der Waals surface area contributed by atoms with Crippen molar-refractivity contribution in [1.82, 2.24) is 14.9 Å². The third-order valence-corrected chi connectivity index (χ3v) is 5.99. The van der Waals surface area contributed by atoms with Crippen LogP contribution in [0.1, 0.15) is 23.0 Å². The van der Waals surface area contributed by atoms with Gasteiger partial charge in [-0.15, -0.1) is 10.2 Å². The molecule has 1 aromatic heterocycles. The molecule has 4 rings (SSSR count). The first-order valence-electron chi connectivity index (χ1n) is 8.60. The van der Waals surface area contributed by atoms with Crippen molar-refractivity contribution in [2.75, 3.05) is 10.7 Å². The van der Waals surface area contributed by atoms with Crippen LogP contribution in [0.4, 0.5) is 10.1 Å². The van der Waals surface area contributed by atoms with Crippen molar-refractivity contribution in [2.45, 2.75) is 30.3 Å². The summed E-state index contributed by atoms with van der Waals surface area (Å²) in [4.78, 5) is 13.2. The molecule has 1 amide bonds. The van der Waals surface area contributed by atoms with Gasteiger partial charge in [-0.1, -0.05) is 41.6 Å². The van der Waals surface area contributed by atoms with Crippen LogP contribution in [0.25, 0.3) is 0 Å². The number of carbonyl (C=O) groups is 1. The number of thioether (sulfide) groups is 1. The van der Waals surface area contributed by atoms with Gasteiger partial charge in [-0.3, -0.25) is 4.79 Å².